The number of aliphatic carboxylic acids is 1. The molecular formula is C43H51N5O8. The van der Waals surface area contributed by atoms with E-state index in [0.717, 1.165) is 41.8 Å². The van der Waals surface area contributed by atoms with E-state index < -0.39 is 54.8 Å². The number of aromatic hydroxyl groups is 2. The van der Waals surface area contributed by atoms with Crippen LogP contribution in [0.1, 0.15) is 72.6 Å². The number of carbonyl (C=O) groups excluding carboxylic acids is 4. The zero-order chi connectivity index (χ0) is 40.8. The second-order valence-corrected chi connectivity index (χ2v) is 13.6. The Morgan fingerprint density at radius 2 is 1.45 bits per heavy atom. The van der Waals surface area contributed by atoms with E-state index in [4.69, 9.17) is 5.73 Å². The number of unbranched alkanes of at least 4 members (excludes halogenated alkanes) is 2. The van der Waals surface area contributed by atoms with Gasteiger partial charge >= 0.3 is 5.97 Å². The summed E-state index contributed by atoms with van der Waals surface area (Å²) < 4.78 is 0. The largest absolute Gasteiger partial charge is 0.507 e. The molecule has 0 saturated heterocycles. The maximum absolute atomic E-state index is 13.6. The maximum atomic E-state index is 13.6. The van der Waals surface area contributed by atoms with Gasteiger partial charge in [-0.05, 0) is 90.0 Å². The van der Waals surface area contributed by atoms with Gasteiger partial charge in [0.15, 0.2) is 0 Å². The summed E-state index contributed by atoms with van der Waals surface area (Å²) in [7, 11) is 1.36. The number of phenolic OH excluding ortho intramolecular Hbond substituents is 2. The lowest BCUT2D eigenvalue weighted by Crippen LogP contribution is -2.49. The van der Waals surface area contributed by atoms with Crippen molar-refractivity contribution in [3.05, 3.63) is 107 Å². The molecule has 13 heteroatoms. The molecule has 4 aromatic rings. The fourth-order valence-electron chi connectivity index (χ4n) is 6.15. The van der Waals surface area contributed by atoms with Crippen LogP contribution in [0.5, 0.6) is 11.5 Å². The lowest BCUT2D eigenvalue weighted by atomic mass is 9.94. The highest BCUT2D eigenvalue weighted by Gasteiger charge is 2.31. The third-order valence-corrected chi connectivity index (χ3v) is 9.42. The molecule has 4 amide bonds. The number of benzene rings is 4. The third kappa shape index (κ3) is 11.4. The Morgan fingerprint density at radius 1 is 0.839 bits per heavy atom. The van der Waals surface area contributed by atoms with Crippen molar-refractivity contribution in [2.24, 2.45) is 5.73 Å². The predicted octanol–water partition coefficient (Wildman–Crippen LogP) is 4.69. The summed E-state index contributed by atoms with van der Waals surface area (Å²) >= 11 is 0. The highest BCUT2D eigenvalue weighted by molar-refractivity contribution is 5.98. The van der Waals surface area contributed by atoms with Gasteiger partial charge in [-0.25, -0.2) is 4.79 Å². The Morgan fingerprint density at radius 3 is 2.04 bits per heavy atom. The number of nitrogens with zero attached hydrogens (tertiary/aromatic N) is 1. The molecule has 13 nitrogen and oxygen atoms in total. The van der Waals surface area contributed by atoms with Gasteiger partial charge in [0.1, 0.15) is 23.6 Å². The van der Waals surface area contributed by atoms with E-state index in [1.807, 2.05) is 24.3 Å². The second kappa shape index (κ2) is 20.5. The van der Waals surface area contributed by atoms with Gasteiger partial charge in [-0.1, -0.05) is 75.2 Å². The highest BCUT2D eigenvalue weighted by atomic mass is 16.4. The van der Waals surface area contributed by atoms with Gasteiger partial charge in [-0.3, -0.25) is 19.2 Å². The van der Waals surface area contributed by atoms with Gasteiger partial charge in [-0.2, -0.15) is 0 Å². The molecule has 4 bridgehead atoms. The Bertz CT molecular complexity index is 2000. The number of phenols is 2. The van der Waals surface area contributed by atoms with Gasteiger partial charge < -0.3 is 41.9 Å². The lowest BCUT2D eigenvalue weighted by Gasteiger charge is -2.28. The smallest absolute Gasteiger partial charge is 0.326 e. The predicted molar refractivity (Wildman–Crippen MR) is 214 cm³/mol. The summed E-state index contributed by atoms with van der Waals surface area (Å²) in [6, 6.07) is 21.1. The molecule has 0 aliphatic carbocycles. The minimum absolute atomic E-state index is 0.127. The van der Waals surface area contributed by atoms with Crippen LogP contribution in [0.15, 0.2) is 84.9 Å². The Labute approximate surface area is 326 Å². The first-order valence-electron chi connectivity index (χ1n) is 18.7. The molecule has 0 aromatic heterocycles. The lowest BCUT2D eigenvalue weighted by molar-refractivity contribution is -0.142. The van der Waals surface area contributed by atoms with E-state index in [1.54, 1.807) is 12.1 Å². The monoisotopic (exact) mass is 765 g/mol. The van der Waals surface area contributed by atoms with Crippen LogP contribution in [0.25, 0.3) is 22.3 Å². The molecule has 5 rings (SSSR count). The van der Waals surface area contributed by atoms with Crippen LogP contribution in [-0.2, 0) is 32.0 Å². The number of nitrogens with one attached hydrogen (secondary N) is 3. The quantitative estimate of drug-likeness (QED) is 0.113. The number of hydrogen-bond donors (Lipinski definition) is 7. The summed E-state index contributed by atoms with van der Waals surface area (Å²) in [5, 5.41) is 38.6. The average Bonchev–Trinajstić information content (AvgIpc) is 3.19. The molecule has 0 fully saturated rings. The van der Waals surface area contributed by atoms with Crippen molar-refractivity contribution in [3.8, 4) is 33.8 Å². The molecule has 1 aliphatic heterocycles. The van der Waals surface area contributed by atoms with E-state index in [-0.39, 0.29) is 34.6 Å². The Balaban J connectivity index is 0.00000131. The van der Waals surface area contributed by atoms with Crippen molar-refractivity contribution in [3.63, 3.8) is 0 Å². The second-order valence-electron chi connectivity index (χ2n) is 13.6. The number of nitrogens with two attached hydrogens (primary N) is 1. The molecule has 56 heavy (non-hydrogen) atoms. The summed E-state index contributed by atoms with van der Waals surface area (Å²) in [6.07, 6.45) is 5.53. The number of amides is 4. The topological polar surface area (TPSA) is 211 Å². The van der Waals surface area contributed by atoms with Gasteiger partial charge in [0.2, 0.25) is 17.7 Å². The number of carboxylic acids is 1. The first kappa shape index (κ1) is 42.5. The SMILES string of the molecule is CCCCN.CCCCc1ccc(-c2ccc(C(=O)NCC(=O)N(C)C3C(=O)NCC(=O)NC(C(=O)O)Cc4ccc(O)c(c4)-c4cc3ccc4O)cc2)cc1. The van der Waals surface area contributed by atoms with Crippen LogP contribution in [0.3, 0.4) is 0 Å². The number of aryl methyl sites for hydroxylation is 1. The van der Waals surface area contributed by atoms with Crippen molar-refractivity contribution in [2.75, 3.05) is 26.7 Å². The zero-order valence-electron chi connectivity index (χ0n) is 32.0. The molecule has 1 heterocycles. The zero-order valence-corrected chi connectivity index (χ0v) is 32.0. The van der Waals surface area contributed by atoms with E-state index in [9.17, 15) is 39.3 Å². The maximum Gasteiger partial charge on any atom is 0.326 e. The summed E-state index contributed by atoms with van der Waals surface area (Å²) in [5.74, 6) is -4.46. The molecule has 0 radical (unpaired) electrons. The fourth-order valence-corrected chi connectivity index (χ4v) is 6.15. The third-order valence-electron chi connectivity index (χ3n) is 9.42. The van der Waals surface area contributed by atoms with Crippen molar-refractivity contribution in [1.29, 1.82) is 0 Å². The van der Waals surface area contributed by atoms with Crippen molar-refractivity contribution in [1.82, 2.24) is 20.9 Å². The molecule has 296 valence electrons. The first-order valence-corrected chi connectivity index (χ1v) is 18.7. The van der Waals surface area contributed by atoms with Gasteiger partial charge in [0, 0.05) is 30.2 Å². The summed E-state index contributed by atoms with van der Waals surface area (Å²) in [4.78, 5) is 65.8. The molecule has 4 aromatic carbocycles. The number of hydrogen-bond acceptors (Lipinski definition) is 8. The first-order chi connectivity index (χ1) is 26.9. The van der Waals surface area contributed by atoms with Crippen LogP contribution in [0, 0.1) is 0 Å². The normalized spacial score (nSPS) is 15.2. The number of carboxylic acid groups (broad SMARTS) is 1. The molecule has 0 saturated carbocycles. The Kier molecular flexibility index (Phi) is 15.5. The minimum atomic E-state index is -1.35. The highest BCUT2D eigenvalue weighted by Crippen LogP contribution is 2.38. The van der Waals surface area contributed by atoms with E-state index in [1.165, 1.54) is 61.9 Å². The molecule has 2 unspecified atom stereocenters. The van der Waals surface area contributed by atoms with Gasteiger partial charge in [0.05, 0.1) is 13.1 Å². The minimum Gasteiger partial charge on any atom is -0.507 e. The number of carbonyl (C=O) groups is 5. The van der Waals surface area contributed by atoms with E-state index in [0.29, 0.717) is 11.1 Å². The van der Waals surface area contributed by atoms with Crippen LogP contribution < -0.4 is 21.7 Å². The standard InChI is InChI=1S/C39H40N4O8.C4H11N/c1-3-4-5-23-6-9-25(10-7-23)26-11-13-27(14-12-26)37(48)41-22-35(47)43(2)36-28-15-17-33(45)30(20-28)29-18-24(8-16-32(29)44)19-31(39(50)51)42-34(46)21-40-38(36)49;1-2-3-4-5/h6-18,20,31,36,44-45H,3-5,19,21-22H2,1-2H3,(H,40,49)(H,41,48)(H,42,46)(H,50,51);2-5H2,1H3. The van der Waals surface area contributed by atoms with Crippen LogP contribution in [0.4, 0.5) is 0 Å². The number of likely N-dealkylation sites (N-methyl/N-ethyl adjacent to an activating group) is 1. The van der Waals surface area contributed by atoms with Gasteiger partial charge in [0.25, 0.3) is 5.91 Å². The van der Waals surface area contributed by atoms with Crippen molar-refractivity contribution in [2.45, 2.75) is 64.5 Å². The van der Waals surface area contributed by atoms with Crippen LogP contribution >= 0.6 is 0 Å². The average molecular weight is 766 g/mol. The van der Waals surface area contributed by atoms with E-state index >= 15 is 0 Å². The van der Waals surface area contributed by atoms with Crippen LogP contribution in [0.2, 0.25) is 0 Å². The van der Waals surface area contributed by atoms with Crippen LogP contribution in [-0.4, -0.2) is 82.5 Å². The van der Waals surface area contributed by atoms with Crippen molar-refractivity contribution >= 4 is 29.6 Å². The molecule has 0 spiro atoms. The number of fused-ring (bicyclic) bond motifs is 5. The molecular weight excluding hydrogens is 714 g/mol. The molecule has 2 atom stereocenters. The fraction of sp³-hybridized carbons (Fsp3) is 0.326. The molecule has 8 N–H and O–H groups in total. The van der Waals surface area contributed by atoms with Crippen molar-refractivity contribution < 1.29 is 39.3 Å². The van der Waals surface area contributed by atoms with Gasteiger partial charge in [-0.15, -0.1) is 0 Å². The number of rotatable bonds is 11. The Hall–Kier alpha value is -6.21. The summed E-state index contributed by atoms with van der Waals surface area (Å²) in [6.45, 7) is 4.09. The summed E-state index contributed by atoms with van der Waals surface area (Å²) in [5.41, 5.74) is 9.65. The molecule has 1 aliphatic rings. The van der Waals surface area contributed by atoms with E-state index in [2.05, 4.69) is 41.9 Å².